The van der Waals surface area contributed by atoms with Gasteiger partial charge in [-0.2, -0.15) is 11.8 Å². The SMILES string of the molecule is CCOc1ccccc1N(CC(=O)NCCCSC1CCCCC1)S(=O)(=O)c1ccc(Cl)cc1. The number of carbonyl (C=O) groups excluding carboxylic acids is 1. The van der Waals surface area contributed by atoms with Gasteiger partial charge in [-0.25, -0.2) is 8.42 Å². The average molecular weight is 525 g/mol. The van der Waals surface area contributed by atoms with Crippen molar-refractivity contribution in [3.8, 4) is 5.75 Å². The van der Waals surface area contributed by atoms with E-state index in [4.69, 9.17) is 16.3 Å². The zero-order chi connectivity index (χ0) is 24.4. The van der Waals surface area contributed by atoms with Gasteiger partial charge >= 0.3 is 0 Å². The molecule has 0 atom stereocenters. The van der Waals surface area contributed by atoms with Gasteiger partial charge in [0.2, 0.25) is 5.91 Å². The molecule has 0 unspecified atom stereocenters. The molecule has 1 aliphatic carbocycles. The third kappa shape index (κ3) is 7.55. The Kier molecular flexibility index (Phi) is 10.4. The lowest BCUT2D eigenvalue weighted by Gasteiger charge is -2.26. The van der Waals surface area contributed by atoms with Crippen LogP contribution >= 0.6 is 23.4 Å². The first-order valence-electron chi connectivity index (χ1n) is 11.8. The summed E-state index contributed by atoms with van der Waals surface area (Å²) in [5.74, 6) is 1.04. The summed E-state index contributed by atoms with van der Waals surface area (Å²) >= 11 is 7.93. The van der Waals surface area contributed by atoms with Crippen molar-refractivity contribution in [1.29, 1.82) is 0 Å². The Morgan fingerprint density at radius 3 is 2.53 bits per heavy atom. The molecule has 0 spiro atoms. The molecule has 0 saturated heterocycles. The standard InChI is InChI=1S/C25H33ClN2O4S2/c1-2-32-24-12-7-6-11-23(24)28(34(30,31)22-15-13-20(26)14-16-22)19-25(29)27-17-8-18-33-21-9-4-3-5-10-21/h6-7,11-16,21H,2-5,8-10,17-19H2,1H3,(H,27,29). The Morgan fingerprint density at radius 2 is 1.82 bits per heavy atom. The maximum absolute atomic E-state index is 13.5. The molecule has 1 fully saturated rings. The average Bonchev–Trinajstić information content (AvgIpc) is 2.84. The fourth-order valence-electron chi connectivity index (χ4n) is 3.94. The number of carbonyl (C=O) groups is 1. The zero-order valence-corrected chi connectivity index (χ0v) is 21.9. The van der Waals surface area contributed by atoms with Crippen LogP contribution in [0, 0.1) is 0 Å². The van der Waals surface area contributed by atoms with E-state index in [0.717, 1.165) is 21.7 Å². The van der Waals surface area contributed by atoms with E-state index in [0.29, 0.717) is 29.6 Å². The third-order valence-corrected chi connectivity index (χ3v) is 9.16. The molecule has 0 heterocycles. The molecule has 186 valence electrons. The predicted octanol–water partition coefficient (Wildman–Crippen LogP) is 5.51. The second-order valence-corrected chi connectivity index (χ2v) is 11.9. The number of anilines is 1. The number of amides is 1. The minimum absolute atomic E-state index is 0.0554. The lowest BCUT2D eigenvalue weighted by Crippen LogP contribution is -2.41. The zero-order valence-electron chi connectivity index (χ0n) is 19.5. The highest BCUT2D eigenvalue weighted by Crippen LogP contribution is 2.33. The molecule has 0 aliphatic heterocycles. The van der Waals surface area contributed by atoms with Crippen LogP contribution in [0.4, 0.5) is 5.69 Å². The van der Waals surface area contributed by atoms with Gasteiger partial charge in [0.1, 0.15) is 12.3 Å². The monoisotopic (exact) mass is 524 g/mol. The first-order valence-corrected chi connectivity index (χ1v) is 14.7. The highest BCUT2D eigenvalue weighted by molar-refractivity contribution is 7.99. The molecule has 0 radical (unpaired) electrons. The Bertz CT molecular complexity index is 1030. The highest BCUT2D eigenvalue weighted by Gasteiger charge is 2.29. The number of benzene rings is 2. The molecular formula is C25H33ClN2O4S2. The number of sulfonamides is 1. The topological polar surface area (TPSA) is 75.7 Å². The van der Waals surface area contributed by atoms with Crippen LogP contribution in [0.15, 0.2) is 53.4 Å². The summed E-state index contributed by atoms with van der Waals surface area (Å²) < 4.78 is 33.8. The molecule has 0 aromatic heterocycles. The molecule has 6 nitrogen and oxygen atoms in total. The number of nitrogens with zero attached hydrogens (tertiary/aromatic N) is 1. The van der Waals surface area contributed by atoms with Crippen LogP contribution in [0.1, 0.15) is 45.4 Å². The Hall–Kier alpha value is -1.90. The molecule has 2 aromatic rings. The quantitative estimate of drug-likeness (QED) is 0.371. The number of halogens is 1. The molecule has 1 saturated carbocycles. The lowest BCUT2D eigenvalue weighted by atomic mass is 10.0. The van der Waals surface area contributed by atoms with Crippen molar-refractivity contribution in [1.82, 2.24) is 5.32 Å². The van der Waals surface area contributed by atoms with Crippen molar-refractivity contribution < 1.29 is 17.9 Å². The van der Waals surface area contributed by atoms with E-state index in [2.05, 4.69) is 5.32 Å². The van der Waals surface area contributed by atoms with Gasteiger partial charge in [-0.05, 0) is 68.3 Å². The second kappa shape index (κ2) is 13.3. The summed E-state index contributed by atoms with van der Waals surface area (Å²) in [4.78, 5) is 12.9. The van der Waals surface area contributed by atoms with Gasteiger partial charge in [0.05, 0.1) is 17.2 Å². The van der Waals surface area contributed by atoms with Crippen LogP contribution in [0.25, 0.3) is 0 Å². The molecule has 3 rings (SSSR count). The second-order valence-electron chi connectivity index (χ2n) is 8.20. The molecule has 1 amide bonds. The van der Waals surface area contributed by atoms with Crippen molar-refractivity contribution in [3.05, 3.63) is 53.6 Å². The fourth-order valence-corrected chi connectivity index (χ4v) is 6.81. The van der Waals surface area contributed by atoms with Crippen molar-refractivity contribution in [3.63, 3.8) is 0 Å². The number of thioether (sulfide) groups is 1. The molecule has 1 N–H and O–H groups in total. The van der Waals surface area contributed by atoms with Crippen LogP contribution < -0.4 is 14.4 Å². The van der Waals surface area contributed by atoms with Crippen molar-refractivity contribution in [2.75, 3.05) is 29.8 Å². The minimum Gasteiger partial charge on any atom is -0.492 e. The maximum Gasteiger partial charge on any atom is 0.264 e. The van der Waals surface area contributed by atoms with Crippen molar-refractivity contribution in [2.24, 2.45) is 0 Å². The first-order chi connectivity index (χ1) is 16.4. The van der Waals surface area contributed by atoms with E-state index >= 15 is 0 Å². The van der Waals surface area contributed by atoms with Gasteiger partial charge in [0.25, 0.3) is 10.0 Å². The van der Waals surface area contributed by atoms with Gasteiger partial charge in [0.15, 0.2) is 0 Å². The number of hydrogen-bond acceptors (Lipinski definition) is 5. The molecule has 0 bridgehead atoms. The normalized spacial score (nSPS) is 14.5. The van der Waals surface area contributed by atoms with Crippen molar-refractivity contribution in [2.45, 2.75) is 55.6 Å². The van der Waals surface area contributed by atoms with E-state index in [1.807, 2.05) is 18.7 Å². The predicted molar refractivity (Wildman–Crippen MR) is 141 cm³/mol. The van der Waals surface area contributed by atoms with Crippen LogP contribution in [-0.2, 0) is 14.8 Å². The minimum atomic E-state index is -4.03. The molecule has 1 aliphatic rings. The molecule has 2 aromatic carbocycles. The largest absolute Gasteiger partial charge is 0.492 e. The Balaban J connectivity index is 1.69. The summed E-state index contributed by atoms with van der Waals surface area (Å²) in [7, 11) is -4.03. The highest BCUT2D eigenvalue weighted by atomic mass is 35.5. The first kappa shape index (κ1) is 26.7. The van der Waals surface area contributed by atoms with Crippen molar-refractivity contribution >= 4 is 45.0 Å². The van der Waals surface area contributed by atoms with Crippen LogP contribution in [0.3, 0.4) is 0 Å². The van der Waals surface area contributed by atoms with Crippen LogP contribution in [0.5, 0.6) is 5.75 Å². The summed E-state index contributed by atoms with van der Waals surface area (Å²) in [6.45, 7) is 2.37. The van der Waals surface area contributed by atoms with Gasteiger partial charge in [0, 0.05) is 16.8 Å². The van der Waals surface area contributed by atoms with Gasteiger partial charge in [-0.1, -0.05) is 43.0 Å². The molecule has 34 heavy (non-hydrogen) atoms. The number of hydrogen-bond donors (Lipinski definition) is 1. The van der Waals surface area contributed by atoms with E-state index in [-0.39, 0.29) is 17.3 Å². The van der Waals surface area contributed by atoms with E-state index in [1.54, 1.807) is 24.3 Å². The van der Waals surface area contributed by atoms with Gasteiger partial charge in [-0.15, -0.1) is 0 Å². The molecule has 9 heteroatoms. The maximum atomic E-state index is 13.5. The number of ether oxygens (including phenoxy) is 1. The van der Waals surface area contributed by atoms with E-state index in [9.17, 15) is 13.2 Å². The Morgan fingerprint density at radius 1 is 1.12 bits per heavy atom. The molecular weight excluding hydrogens is 492 g/mol. The Labute approximate surface area is 212 Å². The summed E-state index contributed by atoms with van der Waals surface area (Å²) in [5, 5.41) is 4.05. The van der Waals surface area contributed by atoms with E-state index < -0.39 is 10.0 Å². The lowest BCUT2D eigenvalue weighted by molar-refractivity contribution is -0.119. The smallest absolute Gasteiger partial charge is 0.264 e. The number of rotatable bonds is 12. The van der Waals surface area contributed by atoms with Gasteiger partial charge in [-0.3, -0.25) is 9.10 Å². The van der Waals surface area contributed by atoms with E-state index in [1.165, 1.54) is 56.4 Å². The third-order valence-electron chi connectivity index (χ3n) is 5.67. The summed E-state index contributed by atoms with van der Waals surface area (Å²) in [6, 6.07) is 12.8. The number of para-hydroxylation sites is 2. The van der Waals surface area contributed by atoms with Crippen LogP contribution in [-0.4, -0.2) is 45.0 Å². The summed E-state index contributed by atoms with van der Waals surface area (Å²) in [6.07, 6.45) is 7.40. The fraction of sp³-hybridized carbons (Fsp3) is 0.480. The van der Waals surface area contributed by atoms with Crippen LogP contribution in [0.2, 0.25) is 5.02 Å². The summed E-state index contributed by atoms with van der Waals surface area (Å²) in [5.41, 5.74) is 0.322. The number of nitrogens with one attached hydrogen (secondary N) is 1. The van der Waals surface area contributed by atoms with Gasteiger partial charge < -0.3 is 10.1 Å².